The van der Waals surface area contributed by atoms with E-state index in [0.29, 0.717) is 12.1 Å². The van der Waals surface area contributed by atoms with Crippen LogP contribution in [0.25, 0.3) is 0 Å². The number of Topliss-reactive ketones (excluding diaryl/α,β-unsaturated/α-hetero) is 1. The maximum Gasteiger partial charge on any atom is 0.418 e. The Labute approximate surface area is 134 Å². The number of hydrogen-bond acceptors (Lipinski definition) is 2. The van der Waals surface area contributed by atoms with Crippen LogP contribution in [0.15, 0.2) is 17.1 Å². The lowest BCUT2D eigenvalue weighted by molar-refractivity contribution is -0.137. The van der Waals surface area contributed by atoms with Gasteiger partial charge in [0.15, 0.2) is 5.78 Å². The highest BCUT2D eigenvalue weighted by Gasteiger charge is 2.36. The van der Waals surface area contributed by atoms with E-state index in [2.05, 4.69) is 4.99 Å². The standard InChI is InChI=1S/C17H21F3N2O/c1-4-22(3)10-21-15-8-11(2)13(9-14(15)17(18,19)20)16(23)12-6-5-7-12/h8-10,12H,4-7H2,1-3H3. The third-order valence-electron chi connectivity index (χ3n) is 4.28. The minimum Gasteiger partial charge on any atom is -0.366 e. The molecule has 0 radical (unpaired) electrons. The van der Waals surface area contributed by atoms with E-state index in [1.165, 1.54) is 12.4 Å². The van der Waals surface area contributed by atoms with Crippen molar-refractivity contribution in [3.05, 3.63) is 28.8 Å². The van der Waals surface area contributed by atoms with Crippen molar-refractivity contribution in [2.24, 2.45) is 10.9 Å². The van der Waals surface area contributed by atoms with Crippen LogP contribution in [0.1, 0.15) is 47.7 Å². The number of nitrogens with zero attached hydrogens (tertiary/aromatic N) is 2. The average Bonchev–Trinajstić information content (AvgIpc) is 2.41. The van der Waals surface area contributed by atoms with Gasteiger partial charge in [-0.1, -0.05) is 6.42 Å². The molecule has 0 heterocycles. The summed E-state index contributed by atoms with van der Waals surface area (Å²) in [6, 6.07) is 2.32. The lowest BCUT2D eigenvalue weighted by atomic mass is 9.79. The zero-order valence-corrected chi connectivity index (χ0v) is 13.6. The van der Waals surface area contributed by atoms with Crippen molar-refractivity contribution in [2.45, 2.75) is 39.3 Å². The van der Waals surface area contributed by atoms with Gasteiger partial charge < -0.3 is 4.90 Å². The lowest BCUT2D eigenvalue weighted by Gasteiger charge is -2.25. The van der Waals surface area contributed by atoms with Crippen molar-refractivity contribution in [1.29, 1.82) is 0 Å². The second-order valence-corrected chi connectivity index (χ2v) is 5.99. The quantitative estimate of drug-likeness (QED) is 0.450. The summed E-state index contributed by atoms with van der Waals surface area (Å²) in [6.07, 6.45) is -0.674. The molecule has 0 spiro atoms. The highest BCUT2D eigenvalue weighted by molar-refractivity contribution is 6.00. The van der Waals surface area contributed by atoms with Gasteiger partial charge in [0.05, 0.1) is 17.6 Å². The van der Waals surface area contributed by atoms with Gasteiger partial charge in [0.2, 0.25) is 0 Å². The second kappa shape index (κ2) is 6.72. The highest BCUT2D eigenvalue weighted by atomic mass is 19.4. The van der Waals surface area contributed by atoms with E-state index in [-0.39, 0.29) is 23.0 Å². The number of rotatable bonds is 5. The van der Waals surface area contributed by atoms with Crippen LogP contribution >= 0.6 is 0 Å². The molecule has 0 amide bonds. The van der Waals surface area contributed by atoms with E-state index in [1.807, 2.05) is 6.92 Å². The van der Waals surface area contributed by atoms with Gasteiger partial charge in [0.1, 0.15) is 0 Å². The van der Waals surface area contributed by atoms with Crippen LogP contribution < -0.4 is 0 Å². The summed E-state index contributed by atoms with van der Waals surface area (Å²) in [7, 11) is 1.73. The molecule has 0 atom stereocenters. The number of benzene rings is 1. The lowest BCUT2D eigenvalue weighted by Crippen LogP contribution is -2.23. The van der Waals surface area contributed by atoms with Gasteiger partial charge in [-0.2, -0.15) is 13.2 Å². The van der Waals surface area contributed by atoms with Gasteiger partial charge in [-0.3, -0.25) is 4.79 Å². The molecule has 0 bridgehead atoms. The topological polar surface area (TPSA) is 32.7 Å². The number of ketones is 1. The zero-order valence-electron chi connectivity index (χ0n) is 13.6. The molecule has 0 aliphatic heterocycles. The fourth-order valence-electron chi connectivity index (χ4n) is 2.42. The average molecular weight is 326 g/mol. The van der Waals surface area contributed by atoms with Crippen molar-refractivity contribution in [3.63, 3.8) is 0 Å². The van der Waals surface area contributed by atoms with Crippen molar-refractivity contribution < 1.29 is 18.0 Å². The fourth-order valence-corrected chi connectivity index (χ4v) is 2.42. The van der Waals surface area contributed by atoms with E-state index in [4.69, 9.17) is 0 Å². The summed E-state index contributed by atoms with van der Waals surface area (Å²) < 4.78 is 40.0. The number of carbonyl (C=O) groups is 1. The molecule has 0 unspecified atom stereocenters. The van der Waals surface area contributed by atoms with Gasteiger partial charge in [-0.05, 0) is 44.4 Å². The maximum absolute atomic E-state index is 13.3. The molecule has 1 aliphatic carbocycles. The largest absolute Gasteiger partial charge is 0.418 e. The Hall–Kier alpha value is -1.85. The van der Waals surface area contributed by atoms with Crippen LogP contribution in [0.3, 0.4) is 0 Å². The van der Waals surface area contributed by atoms with Gasteiger partial charge >= 0.3 is 6.18 Å². The molecule has 0 saturated heterocycles. The molecule has 126 valence electrons. The van der Waals surface area contributed by atoms with E-state index < -0.39 is 11.7 Å². The van der Waals surface area contributed by atoms with E-state index in [1.54, 1.807) is 18.9 Å². The minimum absolute atomic E-state index is 0.129. The fraction of sp³-hybridized carbons (Fsp3) is 0.529. The summed E-state index contributed by atoms with van der Waals surface area (Å²) in [6.45, 7) is 4.18. The van der Waals surface area contributed by atoms with Crippen LogP contribution in [0.5, 0.6) is 0 Å². The Morgan fingerprint density at radius 1 is 1.39 bits per heavy atom. The minimum atomic E-state index is -4.54. The third-order valence-corrected chi connectivity index (χ3v) is 4.28. The Morgan fingerprint density at radius 3 is 2.52 bits per heavy atom. The molecule has 1 aliphatic rings. The van der Waals surface area contributed by atoms with Gasteiger partial charge in [-0.25, -0.2) is 4.99 Å². The molecule has 23 heavy (non-hydrogen) atoms. The van der Waals surface area contributed by atoms with Crippen molar-refractivity contribution in [3.8, 4) is 0 Å². The summed E-state index contributed by atoms with van der Waals surface area (Å²) in [5, 5.41) is 0. The molecule has 0 aromatic heterocycles. The smallest absolute Gasteiger partial charge is 0.366 e. The monoisotopic (exact) mass is 326 g/mol. The number of hydrogen-bond donors (Lipinski definition) is 0. The van der Waals surface area contributed by atoms with Crippen LogP contribution in [0, 0.1) is 12.8 Å². The molecule has 1 saturated carbocycles. The first kappa shape index (κ1) is 17.5. The summed E-state index contributed by atoms with van der Waals surface area (Å²) >= 11 is 0. The van der Waals surface area contributed by atoms with Crippen molar-refractivity contribution in [1.82, 2.24) is 4.90 Å². The van der Waals surface area contributed by atoms with E-state index in [0.717, 1.165) is 25.3 Å². The van der Waals surface area contributed by atoms with E-state index >= 15 is 0 Å². The number of aliphatic imine (C=N–C) groups is 1. The molecule has 0 N–H and O–H groups in total. The first-order chi connectivity index (χ1) is 10.7. The summed E-state index contributed by atoms with van der Waals surface area (Å²) in [5.41, 5.74) is -0.294. The number of halogens is 3. The second-order valence-electron chi connectivity index (χ2n) is 5.99. The molecular weight excluding hydrogens is 305 g/mol. The van der Waals surface area contributed by atoms with Crippen LogP contribution in [-0.2, 0) is 6.18 Å². The van der Waals surface area contributed by atoms with Crippen molar-refractivity contribution in [2.75, 3.05) is 13.6 Å². The summed E-state index contributed by atoms with van der Waals surface area (Å²) in [4.78, 5) is 18.0. The summed E-state index contributed by atoms with van der Waals surface area (Å²) in [5.74, 6) is -0.309. The Kier molecular flexibility index (Phi) is 5.12. The number of alkyl halides is 3. The van der Waals surface area contributed by atoms with Crippen LogP contribution in [-0.4, -0.2) is 30.6 Å². The Balaban J connectivity index is 2.45. The van der Waals surface area contributed by atoms with Crippen molar-refractivity contribution >= 4 is 17.8 Å². The van der Waals surface area contributed by atoms with Crippen LogP contribution in [0.2, 0.25) is 0 Å². The molecule has 1 aromatic rings. The molecular formula is C17H21F3N2O. The Bertz CT molecular complexity index is 619. The first-order valence-corrected chi connectivity index (χ1v) is 7.74. The zero-order chi connectivity index (χ0) is 17.2. The molecule has 1 fully saturated rings. The number of carbonyl (C=O) groups excluding carboxylic acids is 1. The predicted molar refractivity (Wildman–Crippen MR) is 84.3 cm³/mol. The van der Waals surface area contributed by atoms with Gasteiger partial charge in [0, 0.05) is 25.1 Å². The molecule has 6 heteroatoms. The molecule has 2 rings (SSSR count). The van der Waals surface area contributed by atoms with E-state index in [9.17, 15) is 18.0 Å². The molecule has 1 aromatic carbocycles. The Morgan fingerprint density at radius 2 is 2.04 bits per heavy atom. The maximum atomic E-state index is 13.3. The van der Waals surface area contributed by atoms with Gasteiger partial charge in [-0.15, -0.1) is 0 Å². The normalized spacial score (nSPS) is 15.7. The van der Waals surface area contributed by atoms with Gasteiger partial charge in [0.25, 0.3) is 0 Å². The third kappa shape index (κ3) is 3.92. The number of aryl methyl sites for hydroxylation is 1. The highest BCUT2D eigenvalue weighted by Crippen LogP contribution is 2.39. The van der Waals surface area contributed by atoms with Crippen LogP contribution in [0.4, 0.5) is 18.9 Å². The molecule has 3 nitrogen and oxygen atoms in total. The predicted octanol–water partition coefficient (Wildman–Crippen LogP) is 4.61. The SMILES string of the molecule is CCN(C)C=Nc1cc(C)c(C(=O)C2CCC2)cc1C(F)(F)F. The first-order valence-electron chi connectivity index (χ1n) is 7.74.